The van der Waals surface area contributed by atoms with Crippen LogP contribution in [0.3, 0.4) is 0 Å². The predicted octanol–water partition coefficient (Wildman–Crippen LogP) is 2.97. The van der Waals surface area contributed by atoms with E-state index in [1.54, 1.807) is 0 Å². The van der Waals surface area contributed by atoms with Gasteiger partial charge in [0.1, 0.15) is 0 Å². The number of nitrogens with zero attached hydrogens (tertiary/aromatic N) is 1. The van der Waals surface area contributed by atoms with E-state index in [-0.39, 0.29) is 0 Å². The monoisotopic (exact) mass is 258 g/mol. The van der Waals surface area contributed by atoms with E-state index in [2.05, 4.69) is 37.4 Å². The molecule has 2 N–H and O–H groups in total. The third-order valence-electron chi connectivity index (χ3n) is 4.10. The lowest BCUT2D eigenvalue weighted by atomic mass is 9.95. The molecule has 0 radical (unpaired) electrons. The van der Waals surface area contributed by atoms with Crippen molar-refractivity contribution in [2.24, 2.45) is 11.7 Å². The molecule has 102 valence electrons. The number of unbranched alkanes of at least 4 members (excludes halogenated alkanes) is 1. The zero-order valence-electron chi connectivity index (χ0n) is 11.8. The smallest absolute Gasteiger partial charge is 0.0257 e. The fourth-order valence-corrected chi connectivity index (χ4v) is 4.07. The van der Waals surface area contributed by atoms with Gasteiger partial charge in [0.15, 0.2) is 0 Å². The average molecular weight is 258 g/mol. The Morgan fingerprint density at radius 1 is 1.41 bits per heavy atom. The molecule has 3 unspecified atom stereocenters. The molecule has 0 saturated carbocycles. The van der Waals surface area contributed by atoms with Gasteiger partial charge in [0.2, 0.25) is 0 Å². The van der Waals surface area contributed by atoms with Crippen LogP contribution in [-0.2, 0) is 0 Å². The van der Waals surface area contributed by atoms with Crippen molar-refractivity contribution in [3.8, 4) is 0 Å². The zero-order valence-corrected chi connectivity index (χ0v) is 12.6. The Morgan fingerprint density at radius 3 is 2.65 bits per heavy atom. The van der Waals surface area contributed by atoms with Gasteiger partial charge in [-0.25, -0.2) is 0 Å². The molecule has 0 aromatic heterocycles. The first-order chi connectivity index (χ1) is 8.24. The maximum absolute atomic E-state index is 6.07. The van der Waals surface area contributed by atoms with Crippen LogP contribution < -0.4 is 5.73 Å². The summed E-state index contributed by atoms with van der Waals surface area (Å²) < 4.78 is 0. The summed E-state index contributed by atoms with van der Waals surface area (Å²) in [6.07, 6.45) is 5.19. The van der Waals surface area contributed by atoms with Crippen LogP contribution in [0.5, 0.6) is 0 Å². The van der Waals surface area contributed by atoms with Gasteiger partial charge in [0, 0.05) is 18.6 Å². The molecule has 3 atom stereocenters. The molecule has 0 spiro atoms. The Kier molecular flexibility index (Phi) is 7.56. The minimum Gasteiger partial charge on any atom is -0.329 e. The van der Waals surface area contributed by atoms with Gasteiger partial charge < -0.3 is 5.73 Å². The summed E-state index contributed by atoms with van der Waals surface area (Å²) in [6, 6.07) is 1.30. The molecular weight excluding hydrogens is 228 g/mol. The van der Waals surface area contributed by atoms with Gasteiger partial charge in [-0.2, -0.15) is 11.8 Å². The summed E-state index contributed by atoms with van der Waals surface area (Å²) in [4.78, 5) is 2.69. The minimum atomic E-state index is 0.617. The highest BCUT2D eigenvalue weighted by molar-refractivity contribution is 7.99. The molecule has 0 aliphatic carbocycles. The van der Waals surface area contributed by atoms with Crippen molar-refractivity contribution in [1.29, 1.82) is 0 Å². The first kappa shape index (κ1) is 15.3. The lowest BCUT2D eigenvalue weighted by Crippen LogP contribution is -2.50. The second-order valence-corrected chi connectivity index (χ2v) is 6.43. The topological polar surface area (TPSA) is 29.3 Å². The molecule has 0 aromatic carbocycles. The lowest BCUT2D eigenvalue weighted by molar-refractivity contribution is 0.106. The largest absolute Gasteiger partial charge is 0.329 e. The Labute approximate surface area is 112 Å². The number of rotatable bonds is 8. The van der Waals surface area contributed by atoms with Crippen LogP contribution in [-0.4, -0.2) is 41.6 Å². The molecule has 0 bridgehead atoms. The average Bonchev–Trinajstić information content (AvgIpc) is 2.87. The van der Waals surface area contributed by atoms with E-state index in [4.69, 9.17) is 5.73 Å². The van der Waals surface area contributed by atoms with E-state index in [9.17, 15) is 0 Å². The van der Waals surface area contributed by atoms with E-state index in [0.29, 0.717) is 12.1 Å². The Balaban J connectivity index is 2.62. The second-order valence-electron chi connectivity index (χ2n) is 5.28. The van der Waals surface area contributed by atoms with Crippen molar-refractivity contribution in [1.82, 2.24) is 4.90 Å². The summed E-state index contributed by atoms with van der Waals surface area (Å²) in [5, 5.41) is 0. The maximum atomic E-state index is 6.07. The zero-order chi connectivity index (χ0) is 12.7. The lowest BCUT2D eigenvalue weighted by Gasteiger charge is -2.38. The number of hydrogen-bond acceptors (Lipinski definition) is 3. The van der Waals surface area contributed by atoms with Crippen LogP contribution in [0.2, 0.25) is 0 Å². The molecule has 1 heterocycles. The first-order valence-electron chi connectivity index (χ1n) is 7.28. The fourth-order valence-electron chi connectivity index (χ4n) is 2.74. The van der Waals surface area contributed by atoms with Gasteiger partial charge in [-0.15, -0.1) is 0 Å². The highest BCUT2D eigenvalue weighted by atomic mass is 32.2. The van der Waals surface area contributed by atoms with Crippen LogP contribution in [0.1, 0.15) is 46.5 Å². The van der Waals surface area contributed by atoms with E-state index in [1.807, 2.05) is 0 Å². The molecule has 3 heteroatoms. The van der Waals surface area contributed by atoms with Crippen molar-refractivity contribution in [3.05, 3.63) is 0 Å². The van der Waals surface area contributed by atoms with Gasteiger partial charge in [0.05, 0.1) is 0 Å². The summed E-state index contributed by atoms with van der Waals surface area (Å²) >= 11 is 2.10. The molecule has 1 saturated heterocycles. The van der Waals surface area contributed by atoms with Crippen molar-refractivity contribution in [2.75, 3.05) is 24.6 Å². The van der Waals surface area contributed by atoms with Crippen molar-refractivity contribution >= 4 is 11.8 Å². The number of nitrogens with two attached hydrogens (primary N) is 1. The quantitative estimate of drug-likeness (QED) is 0.726. The van der Waals surface area contributed by atoms with Gasteiger partial charge in [-0.1, -0.05) is 20.3 Å². The SMILES string of the molecule is CCCCN(C(C)CC)C(CN)C1CCSC1. The molecular formula is C14H30N2S. The maximum Gasteiger partial charge on any atom is 0.0257 e. The highest BCUT2D eigenvalue weighted by Crippen LogP contribution is 2.29. The van der Waals surface area contributed by atoms with Crippen LogP contribution in [0.25, 0.3) is 0 Å². The predicted molar refractivity (Wildman–Crippen MR) is 79.6 cm³/mol. The van der Waals surface area contributed by atoms with Crippen molar-refractivity contribution in [2.45, 2.75) is 58.5 Å². The number of thioether (sulfide) groups is 1. The normalized spacial score (nSPS) is 24.2. The van der Waals surface area contributed by atoms with E-state index >= 15 is 0 Å². The first-order valence-corrected chi connectivity index (χ1v) is 8.43. The molecule has 1 aliphatic heterocycles. The Morgan fingerprint density at radius 2 is 2.18 bits per heavy atom. The molecule has 1 fully saturated rings. The fraction of sp³-hybridized carbons (Fsp3) is 1.00. The molecule has 0 aromatic rings. The van der Waals surface area contributed by atoms with Crippen LogP contribution >= 0.6 is 11.8 Å². The molecule has 17 heavy (non-hydrogen) atoms. The summed E-state index contributed by atoms with van der Waals surface area (Å²) in [7, 11) is 0. The Hall–Kier alpha value is 0.270. The third kappa shape index (κ3) is 4.46. The van der Waals surface area contributed by atoms with Gasteiger partial charge in [-0.3, -0.25) is 4.90 Å². The number of hydrogen-bond donors (Lipinski definition) is 1. The summed E-state index contributed by atoms with van der Waals surface area (Å²) in [5.74, 6) is 3.49. The van der Waals surface area contributed by atoms with Crippen LogP contribution in [0, 0.1) is 5.92 Å². The van der Waals surface area contributed by atoms with E-state index < -0.39 is 0 Å². The van der Waals surface area contributed by atoms with Gasteiger partial charge in [-0.05, 0) is 50.2 Å². The Bertz CT molecular complexity index is 193. The third-order valence-corrected chi connectivity index (χ3v) is 5.29. The minimum absolute atomic E-state index is 0.617. The molecule has 1 aliphatic rings. The summed E-state index contributed by atoms with van der Waals surface area (Å²) in [5.41, 5.74) is 6.07. The van der Waals surface area contributed by atoms with Gasteiger partial charge in [0.25, 0.3) is 0 Å². The van der Waals surface area contributed by atoms with E-state index in [0.717, 1.165) is 12.5 Å². The highest BCUT2D eigenvalue weighted by Gasteiger charge is 2.30. The summed E-state index contributed by atoms with van der Waals surface area (Å²) in [6.45, 7) is 8.99. The molecule has 2 nitrogen and oxygen atoms in total. The molecule has 1 rings (SSSR count). The van der Waals surface area contributed by atoms with Gasteiger partial charge >= 0.3 is 0 Å². The standard InChI is InChI=1S/C14H30N2S/c1-4-6-8-16(12(3)5-2)14(10-15)13-7-9-17-11-13/h12-14H,4-11,15H2,1-3H3. The van der Waals surface area contributed by atoms with Crippen LogP contribution in [0.15, 0.2) is 0 Å². The molecule has 0 amide bonds. The van der Waals surface area contributed by atoms with Crippen LogP contribution in [0.4, 0.5) is 0 Å². The van der Waals surface area contributed by atoms with E-state index in [1.165, 1.54) is 43.7 Å². The van der Waals surface area contributed by atoms with Crippen molar-refractivity contribution < 1.29 is 0 Å². The van der Waals surface area contributed by atoms with Crippen molar-refractivity contribution in [3.63, 3.8) is 0 Å². The second kappa shape index (κ2) is 8.39.